The number of nitrogens with one attached hydrogen (secondary N) is 2. The molecule has 9 nitrogen and oxygen atoms in total. The largest absolute Gasteiger partial charge is 0.487 e. The van der Waals surface area contributed by atoms with E-state index in [0.29, 0.717) is 24.2 Å². The molecule has 2 amide bonds. The van der Waals surface area contributed by atoms with Crippen LogP contribution in [0, 0.1) is 0 Å². The normalized spacial score (nSPS) is 25.4. The van der Waals surface area contributed by atoms with E-state index in [0.717, 1.165) is 30.9 Å². The SMILES string of the molecule is O=C(C[C@H]1C[C@@H]2c3cc(NC(=O)c4cccnc4)ccc3O[C@@H]2[C@@H](CO)O1)NCCN1CCCCC1. The van der Waals surface area contributed by atoms with E-state index in [1.54, 1.807) is 24.4 Å². The van der Waals surface area contributed by atoms with Gasteiger partial charge in [0.05, 0.1) is 24.7 Å². The number of ether oxygens (including phenoxy) is 2. The number of hydrogen-bond donors (Lipinski definition) is 3. The Hall–Kier alpha value is -3.01. The molecule has 192 valence electrons. The number of carbonyl (C=O) groups is 2. The van der Waals surface area contributed by atoms with Crippen molar-refractivity contribution in [2.75, 3.05) is 38.1 Å². The maximum absolute atomic E-state index is 12.6. The summed E-state index contributed by atoms with van der Waals surface area (Å²) in [7, 11) is 0. The lowest BCUT2D eigenvalue weighted by atomic mass is 9.84. The molecule has 0 unspecified atom stereocenters. The van der Waals surface area contributed by atoms with E-state index >= 15 is 0 Å². The maximum atomic E-state index is 12.6. The van der Waals surface area contributed by atoms with Crippen LogP contribution in [0.25, 0.3) is 0 Å². The van der Waals surface area contributed by atoms with Crippen LogP contribution >= 0.6 is 0 Å². The zero-order chi connectivity index (χ0) is 24.9. The summed E-state index contributed by atoms with van der Waals surface area (Å²) >= 11 is 0. The predicted octanol–water partition coefficient (Wildman–Crippen LogP) is 2.32. The van der Waals surface area contributed by atoms with E-state index in [1.165, 1.54) is 25.5 Å². The van der Waals surface area contributed by atoms with Gasteiger partial charge in [-0.15, -0.1) is 0 Å². The number of aliphatic hydroxyl groups is 1. The third kappa shape index (κ3) is 5.69. The lowest BCUT2D eigenvalue weighted by Gasteiger charge is -2.37. The summed E-state index contributed by atoms with van der Waals surface area (Å²) in [5.74, 6) is 0.409. The van der Waals surface area contributed by atoms with Crippen molar-refractivity contribution in [3.8, 4) is 5.75 Å². The average Bonchev–Trinajstić information content (AvgIpc) is 3.27. The smallest absolute Gasteiger partial charge is 0.257 e. The molecule has 2 fully saturated rings. The minimum absolute atomic E-state index is 0.0349. The Morgan fingerprint density at radius 3 is 2.81 bits per heavy atom. The van der Waals surface area contributed by atoms with Crippen molar-refractivity contribution < 1.29 is 24.2 Å². The minimum Gasteiger partial charge on any atom is -0.487 e. The van der Waals surface area contributed by atoms with Gasteiger partial charge in [-0.05, 0) is 62.7 Å². The van der Waals surface area contributed by atoms with Crippen molar-refractivity contribution in [3.05, 3.63) is 53.9 Å². The summed E-state index contributed by atoms with van der Waals surface area (Å²) in [6.45, 7) is 3.52. The molecule has 3 aliphatic heterocycles. The molecule has 0 bridgehead atoms. The number of aliphatic hydroxyl groups excluding tert-OH is 1. The second kappa shape index (κ2) is 11.4. The van der Waals surface area contributed by atoms with Crippen molar-refractivity contribution in [2.45, 2.75) is 56.3 Å². The topological polar surface area (TPSA) is 113 Å². The standard InChI is InChI=1S/C27H34N4O5/c32-17-24-26-22(14-20(35-24)15-25(33)29-9-12-31-10-2-1-3-11-31)21-13-19(6-7-23(21)36-26)30-27(34)18-5-4-8-28-16-18/h4-8,13,16,20,22,24,26,32H,1-3,9-12,14-15,17H2,(H,29,33)(H,30,34)/t20-,22-,24-,26+/m1/s1. The Labute approximate surface area is 211 Å². The molecule has 0 aliphatic carbocycles. The highest BCUT2D eigenvalue weighted by Gasteiger charge is 2.46. The van der Waals surface area contributed by atoms with E-state index in [-0.39, 0.29) is 43.0 Å². The number of fused-ring (bicyclic) bond motifs is 3. The molecule has 4 heterocycles. The second-order valence-corrected chi connectivity index (χ2v) is 9.81. The molecule has 4 atom stereocenters. The van der Waals surface area contributed by atoms with Gasteiger partial charge in [0.2, 0.25) is 5.91 Å². The lowest BCUT2D eigenvalue weighted by Crippen LogP contribution is -2.47. The second-order valence-electron chi connectivity index (χ2n) is 9.81. The number of aromatic nitrogens is 1. The molecule has 5 rings (SSSR count). The molecule has 1 aromatic heterocycles. The van der Waals surface area contributed by atoms with Crippen molar-refractivity contribution in [1.82, 2.24) is 15.2 Å². The van der Waals surface area contributed by atoms with Crippen LogP contribution in [0.15, 0.2) is 42.7 Å². The first-order valence-corrected chi connectivity index (χ1v) is 12.9. The fourth-order valence-corrected chi connectivity index (χ4v) is 5.48. The molecule has 2 aromatic rings. The van der Waals surface area contributed by atoms with Gasteiger partial charge in [-0.2, -0.15) is 0 Å². The summed E-state index contributed by atoms with van der Waals surface area (Å²) in [5.41, 5.74) is 2.09. The molecule has 3 aliphatic rings. The van der Waals surface area contributed by atoms with Gasteiger partial charge in [0.15, 0.2) is 0 Å². The molecule has 9 heteroatoms. The van der Waals surface area contributed by atoms with Gasteiger partial charge in [0.25, 0.3) is 5.91 Å². The van der Waals surface area contributed by atoms with Gasteiger partial charge in [-0.1, -0.05) is 6.42 Å². The van der Waals surface area contributed by atoms with E-state index in [1.807, 2.05) is 12.1 Å². The number of piperidine rings is 1. The van der Waals surface area contributed by atoms with Crippen LogP contribution in [-0.2, 0) is 9.53 Å². The molecule has 1 aromatic carbocycles. The summed E-state index contributed by atoms with van der Waals surface area (Å²) in [4.78, 5) is 31.6. The van der Waals surface area contributed by atoms with Gasteiger partial charge < -0.3 is 30.1 Å². The van der Waals surface area contributed by atoms with Crippen LogP contribution in [0.4, 0.5) is 5.69 Å². The number of likely N-dealkylation sites (tertiary alicyclic amines) is 1. The Kier molecular flexibility index (Phi) is 7.79. The number of benzene rings is 1. The van der Waals surface area contributed by atoms with Crippen LogP contribution < -0.4 is 15.4 Å². The molecule has 2 saturated heterocycles. The molecular formula is C27H34N4O5. The summed E-state index contributed by atoms with van der Waals surface area (Å²) in [6.07, 6.45) is 6.58. The summed E-state index contributed by atoms with van der Waals surface area (Å²) < 4.78 is 12.2. The third-order valence-electron chi connectivity index (χ3n) is 7.29. The predicted molar refractivity (Wildman–Crippen MR) is 134 cm³/mol. The molecular weight excluding hydrogens is 460 g/mol. The van der Waals surface area contributed by atoms with Crippen molar-refractivity contribution in [3.63, 3.8) is 0 Å². The minimum atomic E-state index is -0.518. The van der Waals surface area contributed by atoms with Gasteiger partial charge in [0, 0.05) is 42.7 Å². The number of hydrogen-bond acceptors (Lipinski definition) is 7. The maximum Gasteiger partial charge on any atom is 0.257 e. The quantitative estimate of drug-likeness (QED) is 0.516. The highest BCUT2D eigenvalue weighted by atomic mass is 16.6. The van der Waals surface area contributed by atoms with Crippen LogP contribution in [0.2, 0.25) is 0 Å². The van der Waals surface area contributed by atoms with Gasteiger partial charge in [-0.3, -0.25) is 14.6 Å². The number of pyridine rings is 1. The Bertz CT molecular complexity index is 1060. The lowest BCUT2D eigenvalue weighted by molar-refractivity contribution is -0.142. The summed E-state index contributed by atoms with van der Waals surface area (Å²) in [5, 5.41) is 15.9. The van der Waals surface area contributed by atoms with Crippen LogP contribution in [0.3, 0.4) is 0 Å². The van der Waals surface area contributed by atoms with Gasteiger partial charge >= 0.3 is 0 Å². The number of rotatable bonds is 8. The van der Waals surface area contributed by atoms with E-state index in [2.05, 4.69) is 20.5 Å². The number of amides is 2. The highest BCUT2D eigenvalue weighted by Crippen LogP contribution is 2.47. The van der Waals surface area contributed by atoms with E-state index in [9.17, 15) is 14.7 Å². The first-order chi connectivity index (χ1) is 17.6. The van der Waals surface area contributed by atoms with Crippen LogP contribution in [0.5, 0.6) is 5.75 Å². The number of anilines is 1. The summed E-state index contributed by atoms with van der Waals surface area (Å²) in [6, 6.07) is 8.98. The zero-order valence-electron chi connectivity index (χ0n) is 20.4. The molecule has 0 saturated carbocycles. The van der Waals surface area contributed by atoms with Crippen molar-refractivity contribution in [1.29, 1.82) is 0 Å². The fraction of sp³-hybridized carbons (Fsp3) is 0.519. The van der Waals surface area contributed by atoms with E-state index in [4.69, 9.17) is 9.47 Å². The molecule has 0 radical (unpaired) electrons. The Balaban J connectivity index is 1.20. The molecule has 0 spiro atoms. The van der Waals surface area contributed by atoms with Crippen molar-refractivity contribution in [2.24, 2.45) is 0 Å². The Morgan fingerprint density at radius 2 is 2.03 bits per heavy atom. The monoisotopic (exact) mass is 494 g/mol. The average molecular weight is 495 g/mol. The van der Waals surface area contributed by atoms with Crippen molar-refractivity contribution >= 4 is 17.5 Å². The van der Waals surface area contributed by atoms with Crippen LogP contribution in [0.1, 0.15) is 53.9 Å². The highest BCUT2D eigenvalue weighted by molar-refractivity contribution is 6.04. The molecule has 3 N–H and O–H groups in total. The number of carbonyl (C=O) groups excluding carboxylic acids is 2. The zero-order valence-corrected chi connectivity index (χ0v) is 20.4. The van der Waals surface area contributed by atoms with Gasteiger partial charge in [-0.25, -0.2) is 0 Å². The van der Waals surface area contributed by atoms with Crippen LogP contribution in [-0.4, -0.2) is 77.9 Å². The third-order valence-corrected chi connectivity index (χ3v) is 7.29. The fourth-order valence-electron chi connectivity index (χ4n) is 5.48. The molecule has 36 heavy (non-hydrogen) atoms. The van der Waals surface area contributed by atoms with E-state index < -0.39 is 6.10 Å². The van der Waals surface area contributed by atoms with Gasteiger partial charge in [0.1, 0.15) is 18.0 Å². The first-order valence-electron chi connectivity index (χ1n) is 12.9. The Morgan fingerprint density at radius 1 is 1.17 bits per heavy atom. The first kappa shape index (κ1) is 24.7. The number of nitrogens with zero attached hydrogens (tertiary/aromatic N) is 2.